The van der Waals surface area contributed by atoms with Crippen LogP contribution in [0.1, 0.15) is 0 Å². The van der Waals surface area contributed by atoms with Gasteiger partial charge in [0, 0.05) is 0 Å². The monoisotopic (exact) mass is 730 g/mol. The number of rotatable bonds is 0. The van der Waals surface area contributed by atoms with Gasteiger partial charge < -0.3 is 0 Å². The van der Waals surface area contributed by atoms with Gasteiger partial charge >= 0.3 is 232 Å². The fourth-order valence-corrected chi connectivity index (χ4v) is 0. The molecule has 0 aliphatic carbocycles. The van der Waals surface area contributed by atoms with Gasteiger partial charge in [0.1, 0.15) is 0 Å². The maximum Gasteiger partial charge on any atom is 3.00 e. The average Bonchev–Trinajstić information content (AvgIpc) is 0. The molecule has 12 heavy (non-hydrogen) atoms. The fourth-order valence-electron chi connectivity index (χ4n) is 0. The van der Waals surface area contributed by atoms with Crippen LogP contribution in [0.15, 0.2) is 0 Å². The van der Waals surface area contributed by atoms with Crippen LogP contribution < -0.4 is 0 Å². The summed E-state index contributed by atoms with van der Waals surface area (Å²) in [5, 5.41) is 0. The predicted molar refractivity (Wildman–Crippen MR) is 5.75 cm³/mol. The van der Waals surface area contributed by atoms with Crippen molar-refractivity contribution in [3.8, 4) is 0 Å². The molecule has 0 saturated carbocycles. The third-order valence-corrected chi connectivity index (χ3v) is 0. The molecule has 0 aliphatic heterocycles. The molecule has 0 amide bonds. The third-order valence-electron chi connectivity index (χ3n) is 0. The molecule has 0 aromatic carbocycles. The Morgan fingerprint density at radius 2 is 0.167 bits per heavy atom. The van der Waals surface area contributed by atoms with Crippen LogP contribution in [0.3, 0.4) is 0 Å². The second-order valence-corrected chi connectivity index (χ2v) is 0. The zero-order valence-electron chi connectivity index (χ0n) is 8.36. The molecule has 0 nitrogen and oxygen atoms in total. The van der Waals surface area contributed by atoms with Crippen LogP contribution in [0.5, 0.6) is 0 Å². The van der Waals surface area contributed by atoms with Crippen LogP contribution in [0.25, 0.3) is 0 Å². The molecule has 0 rings (SSSR count). The second-order valence-electron chi connectivity index (χ2n) is 0. The first-order chi connectivity index (χ1) is 0. The predicted octanol–water partition coefficient (Wildman–Crippen LogP) is -0.408. The van der Waals surface area contributed by atoms with Crippen LogP contribution in [0, 0.1) is 0 Å². The van der Waals surface area contributed by atoms with Crippen molar-refractivity contribution >= 4 is 17.4 Å². The van der Waals surface area contributed by atoms with Gasteiger partial charge in [-0.25, -0.2) is 0 Å². The molecule has 0 fully saturated rings. The van der Waals surface area contributed by atoms with E-state index in [1.165, 1.54) is 0 Å². The zero-order chi connectivity index (χ0) is 0. The average molecular weight is 746 g/mol. The summed E-state index contributed by atoms with van der Waals surface area (Å²) in [4.78, 5) is 0. The Kier molecular flexibility index (Phi) is 1020. The van der Waals surface area contributed by atoms with Gasteiger partial charge in [-0.05, 0) is 0 Å². The first kappa shape index (κ1) is 120. The normalized spacial score (nSPS) is 0. The first-order valence-electron chi connectivity index (χ1n) is 0. The molecule has 0 valence electrons. The van der Waals surface area contributed by atoms with Crippen molar-refractivity contribution in [3.05, 3.63) is 0 Å². The van der Waals surface area contributed by atoms with Gasteiger partial charge in [0.2, 0.25) is 0 Å². The summed E-state index contributed by atoms with van der Waals surface area (Å²) in [5.41, 5.74) is 0. The molecule has 0 spiro atoms. The Bertz CT molecular complexity index is 4.97. The Balaban J connectivity index is 0. The standard InChI is InChI=1S/Al.11Zn/q+3;11*+2. The fraction of sp³-hybridized carbons (Fsp3) is 0. The maximum absolute atomic E-state index is 0. The van der Waals surface area contributed by atoms with Gasteiger partial charge in [0.15, 0.2) is 0 Å². The molecule has 0 radical (unpaired) electrons. The Hall–Kier alpha value is 7.39. The van der Waals surface area contributed by atoms with Crippen molar-refractivity contribution in [3.63, 3.8) is 0 Å². The molecule has 0 aromatic rings. The summed E-state index contributed by atoms with van der Waals surface area (Å²) in [5.74, 6) is 0. The SMILES string of the molecule is [Al+3].[Zn+2].[Zn+2].[Zn+2].[Zn+2].[Zn+2].[Zn+2].[Zn+2].[Zn+2].[Zn+2].[Zn+2].[Zn+2]. The molecule has 0 aromatic heterocycles. The molecule has 0 bridgehead atoms. The number of hydrogen-bond acceptors (Lipinski definition) is 0. The minimum Gasteiger partial charge on any atom is 2.00 e. The molecule has 0 heterocycles. The van der Waals surface area contributed by atoms with Crippen molar-refractivity contribution in [2.75, 3.05) is 0 Å². The van der Waals surface area contributed by atoms with Crippen molar-refractivity contribution in [2.24, 2.45) is 0 Å². The van der Waals surface area contributed by atoms with Crippen LogP contribution in [0.2, 0.25) is 0 Å². The van der Waals surface area contributed by atoms with Gasteiger partial charge in [0.05, 0.1) is 0 Å². The van der Waals surface area contributed by atoms with Crippen LogP contribution in [-0.2, 0) is 214 Å². The summed E-state index contributed by atoms with van der Waals surface area (Å²) >= 11 is 0. The first-order valence-corrected chi connectivity index (χ1v) is 0. The molecular weight excluding hydrogens is 746 g/mol. The summed E-state index contributed by atoms with van der Waals surface area (Å²) in [6.45, 7) is 0. The molecule has 0 aliphatic rings. The van der Waals surface area contributed by atoms with Gasteiger partial charge in [-0.3, -0.25) is 0 Å². The van der Waals surface area contributed by atoms with Crippen molar-refractivity contribution < 1.29 is 214 Å². The molecule has 0 atom stereocenters. The molecule has 0 N–H and O–H groups in total. The van der Waals surface area contributed by atoms with Crippen LogP contribution >= 0.6 is 0 Å². The zero-order valence-corrected chi connectivity index (χ0v) is 42.1. The van der Waals surface area contributed by atoms with Crippen LogP contribution in [0.4, 0.5) is 0 Å². The Morgan fingerprint density at radius 1 is 0.167 bits per heavy atom. The Labute approximate surface area is 226 Å². The van der Waals surface area contributed by atoms with E-state index in [1.807, 2.05) is 0 Å². The summed E-state index contributed by atoms with van der Waals surface area (Å²) in [6.07, 6.45) is 0. The third kappa shape index (κ3) is 85.5. The van der Waals surface area contributed by atoms with E-state index in [0.717, 1.165) is 0 Å². The van der Waals surface area contributed by atoms with Gasteiger partial charge in [-0.1, -0.05) is 0 Å². The van der Waals surface area contributed by atoms with Gasteiger partial charge in [-0.2, -0.15) is 0 Å². The summed E-state index contributed by atoms with van der Waals surface area (Å²) in [6, 6.07) is 0. The van der Waals surface area contributed by atoms with E-state index < -0.39 is 0 Å². The largest absolute Gasteiger partial charge is 3.00 e. The van der Waals surface area contributed by atoms with Crippen LogP contribution in [-0.4, -0.2) is 17.4 Å². The summed E-state index contributed by atoms with van der Waals surface area (Å²) in [7, 11) is 0. The topological polar surface area (TPSA) is 0 Å². The quantitative estimate of drug-likeness (QED) is 0.297. The van der Waals surface area contributed by atoms with Gasteiger partial charge in [-0.15, -0.1) is 0 Å². The molecule has 0 saturated heterocycles. The molecular formula is AlZn11+25. The van der Waals surface area contributed by atoms with Crippen molar-refractivity contribution in [1.82, 2.24) is 0 Å². The molecule has 12 heteroatoms. The minimum atomic E-state index is 0. The minimum absolute atomic E-state index is 0. The van der Waals surface area contributed by atoms with E-state index >= 15 is 0 Å². The van der Waals surface area contributed by atoms with E-state index in [-0.39, 0.29) is 232 Å². The van der Waals surface area contributed by atoms with Crippen molar-refractivity contribution in [1.29, 1.82) is 0 Å². The second kappa shape index (κ2) is 102. The van der Waals surface area contributed by atoms with E-state index in [0.29, 0.717) is 0 Å². The Morgan fingerprint density at radius 3 is 0.167 bits per heavy atom. The van der Waals surface area contributed by atoms with Crippen molar-refractivity contribution in [2.45, 2.75) is 0 Å². The smallest absolute Gasteiger partial charge is 2.00 e. The van der Waals surface area contributed by atoms with Gasteiger partial charge in [0.25, 0.3) is 0 Å². The summed E-state index contributed by atoms with van der Waals surface area (Å²) < 4.78 is 0. The number of hydrogen-bond donors (Lipinski definition) is 0. The van der Waals surface area contributed by atoms with E-state index in [4.69, 9.17) is 0 Å². The van der Waals surface area contributed by atoms with E-state index in [1.54, 1.807) is 0 Å². The maximum atomic E-state index is 0. The van der Waals surface area contributed by atoms with E-state index in [9.17, 15) is 0 Å². The molecule has 0 unspecified atom stereocenters. The van der Waals surface area contributed by atoms with E-state index in [2.05, 4.69) is 0 Å².